The van der Waals surface area contributed by atoms with E-state index >= 15 is 0 Å². The molecule has 0 saturated heterocycles. The number of fused-ring (bicyclic) bond motifs is 1. The lowest BCUT2D eigenvalue weighted by molar-refractivity contribution is 0.346. The molecular weight excluding hydrogens is 196 g/mol. The zero-order valence-electron chi connectivity index (χ0n) is 9.97. The Morgan fingerprint density at radius 3 is 2.44 bits per heavy atom. The van der Waals surface area contributed by atoms with Gasteiger partial charge >= 0.3 is 0 Å². The summed E-state index contributed by atoms with van der Waals surface area (Å²) < 4.78 is 0. The van der Waals surface area contributed by atoms with Crippen LogP contribution < -0.4 is 10.6 Å². The number of aryl methyl sites for hydroxylation is 1. The minimum atomic E-state index is 0.507. The van der Waals surface area contributed by atoms with Crippen molar-refractivity contribution in [1.29, 1.82) is 0 Å². The highest BCUT2D eigenvalue weighted by atomic mass is 15.0. The molecule has 1 aliphatic heterocycles. The van der Waals surface area contributed by atoms with Crippen LogP contribution in [0.4, 0.5) is 11.4 Å². The first kappa shape index (κ1) is 10.0. The molecule has 0 radical (unpaired) electrons. The van der Waals surface area contributed by atoms with E-state index in [0.29, 0.717) is 5.41 Å². The van der Waals surface area contributed by atoms with Crippen molar-refractivity contribution in [3.05, 3.63) is 23.8 Å². The van der Waals surface area contributed by atoms with E-state index in [1.165, 1.54) is 42.6 Å². The summed E-state index contributed by atoms with van der Waals surface area (Å²) in [4.78, 5) is 0. The minimum absolute atomic E-state index is 0.507. The Labute approximate surface area is 97.4 Å². The second-order valence-electron chi connectivity index (χ2n) is 5.46. The summed E-state index contributed by atoms with van der Waals surface area (Å²) in [6, 6.07) is 6.63. The molecule has 16 heavy (non-hydrogen) atoms. The van der Waals surface area contributed by atoms with Gasteiger partial charge in [-0.1, -0.05) is 18.9 Å². The molecule has 1 aliphatic carbocycles. The van der Waals surface area contributed by atoms with E-state index in [2.05, 4.69) is 35.8 Å². The Morgan fingerprint density at radius 1 is 1.00 bits per heavy atom. The van der Waals surface area contributed by atoms with Gasteiger partial charge in [0.2, 0.25) is 0 Å². The molecule has 0 amide bonds. The van der Waals surface area contributed by atoms with Gasteiger partial charge in [-0.2, -0.15) is 0 Å². The zero-order valence-corrected chi connectivity index (χ0v) is 9.97. The molecule has 2 nitrogen and oxygen atoms in total. The average Bonchev–Trinajstić information content (AvgIpc) is 2.66. The maximum atomic E-state index is 3.64. The molecule has 2 aliphatic rings. The van der Waals surface area contributed by atoms with Crippen molar-refractivity contribution in [2.75, 3.05) is 23.7 Å². The highest BCUT2D eigenvalue weighted by Gasteiger charge is 2.35. The molecule has 2 N–H and O–H groups in total. The Hall–Kier alpha value is -1.18. The first-order valence-electron chi connectivity index (χ1n) is 6.36. The highest BCUT2D eigenvalue weighted by Crippen LogP contribution is 2.41. The zero-order chi connectivity index (χ0) is 11.0. The van der Waals surface area contributed by atoms with Crippen molar-refractivity contribution in [2.45, 2.75) is 32.6 Å². The van der Waals surface area contributed by atoms with E-state index in [1.54, 1.807) is 0 Å². The molecule has 2 heteroatoms. The molecule has 0 bridgehead atoms. The van der Waals surface area contributed by atoms with Crippen LogP contribution in [0.2, 0.25) is 0 Å². The third-order valence-electron chi connectivity index (χ3n) is 4.15. The Bertz CT molecular complexity index is 392. The molecule has 1 fully saturated rings. The fraction of sp³-hybridized carbons (Fsp3) is 0.571. The summed E-state index contributed by atoms with van der Waals surface area (Å²) in [6.45, 7) is 4.42. The summed E-state index contributed by atoms with van der Waals surface area (Å²) in [5, 5.41) is 7.26. The second kappa shape index (κ2) is 3.69. The van der Waals surface area contributed by atoms with Gasteiger partial charge in [0, 0.05) is 18.5 Å². The number of benzene rings is 1. The van der Waals surface area contributed by atoms with Crippen LogP contribution in [0.15, 0.2) is 18.2 Å². The van der Waals surface area contributed by atoms with Crippen LogP contribution in [-0.2, 0) is 0 Å². The van der Waals surface area contributed by atoms with Crippen LogP contribution in [0.1, 0.15) is 31.2 Å². The van der Waals surface area contributed by atoms with Gasteiger partial charge in [0.25, 0.3) is 0 Å². The Balaban J connectivity index is 1.86. The Kier molecular flexibility index (Phi) is 2.31. The number of anilines is 2. The van der Waals surface area contributed by atoms with Gasteiger partial charge in [-0.05, 0) is 37.5 Å². The Morgan fingerprint density at radius 2 is 1.69 bits per heavy atom. The fourth-order valence-corrected chi connectivity index (χ4v) is 3.07. The van der Waals surface area contributed by atoms with Crippen molar-refractivity contribution in [3.8, 4) is 0 Å². The topological polar surface area (TPSA) is 24.1 Å². The maximum absolute atomic E-state index is 3.64. The molecule has 3 rings (SSSR count). The van der Waals surface area contributed by atoms with Crippen LogP contribution in [0.3, 0.4) is 0 Å². The smallest absolute Gasteiger partial charge is 0.0578 e. The normalized spacial score (nSPS) is 22.1. The van der Waals surface area contributed by atoms with Crippen molar-refractivity contribution in [3.63, 3.8) is 0 Å². The number of nitrogens with one attached hydrogen (secondary N) is 2. The maximum Gasteiger partial charge on any atom is 0.0578 e. The molecule has 1 spiro atoms. The number of rotatable bonds is 0. The van der Waals surface area contributed by atoms with E-state index in [1.807, 2.05) is 0 Å². The summed E-state index contributed by atoms with van der Waals surface area (Å²) in [5.41, 5.74) is 4.39. The fourth-order valence-electron chi connectivity index (χ4n) is 3.07. The largest absolute Gasteiger partial charge is 0.383 e. The molecule has 1 aromatic carbocycles. The molecule has 1 heterocycles. The SMILES string of the molecule is Cc1ccc2c(c1)NCC1(CCCC1)CN2. The second-order valence-corrected chi connectivity index (χ2v) is 5.46. The number of hydrogen-bond donors (Lipinski definition) is 2. The molecule has 1 aromatic rings. The predicted octanol–water partition coefficient (Wildman–Crippen LogP) is 3.39. The highest BCUT2D eigenvalue weighted by molar-refractivity contribution is 5.70. The van der Waals surface area contributed by atoms with Crippen molar-refractivity contribution in [1.82, 2.24) is 0 Å². The van der Waals surface area contributed by atoms with E-state index in [-0.39, 0.29) is 0 Å². The third-order valence-corrected chi connectivity index (χ3v) is 4.15. The average molecular weight is 216 g/mol. The molecule has 86 valence electrons. The van der Waals surface area contributed by atoms with E-state index in [9.17, 15) is 0 Å². The van der Waals surface area contributed by atoms with Gasteiger partial charge in [-0.3, -0.25) is 0 Å². The van der Waals surface area contributed by atoms with Crippen molar-refractivity contribution >= 4 is 11.4 Å². The lowest BCUT2D eigenvalue weighted by Gasteiger charge is -2.26. The summed E-state index contributed by atoms with van der Waals surface area (Å²) in [6.07, 6.45) is 5.55. The third kappa shape index (κ3) is 1.66. The van der Waals surface area contributed by atoms with Crippen LogP contribution in [0.25, 0.3) is 0 Å². The summed E-state index contributed by atoms with van der Waals surface area (Å²) in [7, 11) is 0. The van der Waals surface area contributed by atoms with E-state index in [0.717, 1.165) is 13.1 Å². The molecular formula is C14H20N2. The molecule has 1 saturated carbocycles. The lowest BCUT2D eigenvalue weighted by atomic mass is 9.86. The van der Waals surface area contributed by atoms with Crippen LogP contribution in [0, 0.1) is 12.3 Å². The quantitative estimate of drug-likeness (QED) is 0.694. The van der Waals surface area contributed by atoms with E-state index < -0.39 is 0 Å². The molecule has 0 unspecified atom stereocenters. The molecule has 0 aromatic heterocycles. The molecule has 0 atom stereocenters. The van der Waals surface area contributed by atoms with Gasteiger partial charge in [0.05, 0.1) is 11.4 Å². The van der Waals surface area contributed by atoms with Gasteiger partial charge < -0.3 is 10.6 Å². The van der Waals surface area contributed by atoms with Crippen molar-refractivity contribution < 1.29 is 0 Å². The van der Waals surface area contributed by atoms with Crippen LogP contribution in [-0.4, -0.2) is 13.1 Å². The first-order chi connectivity index (χ1) is 7.77. The minimum Gasteiger partial charge on any atom is -0.383 e. The van der Waals surface area contributed by atoms with Crippen molar-refractivity contribution in [2.24, 2.45) is 5.41 Å². The summed E-state index contributed by atoms with van der Waals surface area (Å²) in [5.74, 6) is 0. The van der Waals surface area contributed by atoms with Crippen LogP contribution in [0.5, 0.6) is 0 Å². The van der Waals surface area contributed by atoms with Gasteiger partial charge in [-0.15, -0.1) is 0 Å². The number of hydrogen-bond acceptors (Lipinski definition) is 2. The predicted molar refractivity (Wildman–Crippen MR) is 69.1 cm³/mol. The van der Waals surface area contributed by atoms with Gasteiger partial charge in [-0.25, -0.2) is 0 Å². The van der Waals surface area contributed by atoms with Crippen LogP contribution >= 0.6 is 0 Å². The van der Waals surface area contributed by atoms with Gasteiger partial charge in [0.1, 0.15) is 0 Å². The lowest BCUT2D eigenvalue weighted by Crippen LogP contribution is -2.31. The monoisotopic (exact) mass is 216 g/mol. The first-order valence-corrected chi connectivity index (χ1v) is 6.36. The summed E-state index contributed by atoms with van der Waals surface area (Å²) >= 11 is 0. The standard InChI is InChI=1S/C14H20N2/c1-11-4-5-12-13(8-11)16-10-14(9-15-12)6-2-3-7-14/h4-5,8,15-16H,2-3,6-7,9-10H2,1H3. The van der Waals surface area contributed by atoms with E-state index in [4.69, 9.17) is 0 Å². The van der Waals surface area contributed by atoms with Gasteiger partial charge in [0.15, 0.2) is 0 Å².